The minimum absolute atomic E-state index is 0.475. The highest BCUT2D eigenvalue weighted by atomic mass is 16.3. The third kappa shape index (κ3) is 1.77. The molecule has 0 saturated heterocycles. The summed E-state index contributed by atoms with van der Waals surface area (Å²) in [5.41, 5.74) is 0.784. The van der Waals surface area contributed by atoms with E-state index in [2.05, 4.69) is 17.2 Å². The van der Waals surface area contributed by atoms with E-state index in [9.17, 15) is 5.11 Å². The van der Waals surface area contributed by atoms with Crippen molar-refractivity contribution in [3.05, 3.63) is 11.9 Å². The van der Waals surface area contributed by atoms with Gasteiger partial charge in [0.1, 0.15) is 0 Å². The summed E-state index contributed by atoms with van der Waals surface area (Å²) in [5, 5.41) is 16.8. The fourth-order valence-corrected chi connectivity index (χ4v) is 0.975. The van der Waals surface area contributed by atoms with Gasteiger partial charge < -0.3 is 5.11 Å². The van der Waals surface area contributed by atoms with Crippen molar-refractivity contribution in [2.45, 2.75) is 32.9 Å². The molecule has 1 aromatic rings. The van der Waals surface area contributed by atoms with Crippen LogP contribution < -0.4 is 0 Å². The van der Waals surface area contributed by atoms with Crippen LogP contribution in [0.1, 0.15) is 32.1 Å². The zero-order valence-corrected chi connectivity index (χ0v) is 6.86. The summed E-state index contributed by atoms with van der Waals surface area (Å²) < 4.78 is 1.73. The van der Waals surface area contributed by atoms with E-state index in [1.807, 2.05) is 0 Å². The molecular formula is C7H13N3O. The summed E-state index contributed by atoms with van der Waals surface area (Å²) in [5.74, 6) is 0. The Labute approximate surface area is 65.8 Å². The second-order valence-electron chi connectivity index (χ2n) is 2.56. The van der Waals surface area contributed by atoms with Gasteiger partial charge in [-0.3, -0.25) is 0 Å². The van der Waals surface area contributed by atoms with Crippen LogP contribution in [0.2, 0.25) is 0 Å². The van der Waals surface area contributed by atoms with Crippen molar-refractivity contribution >= 4 is 0 Å². The maximum atomic E-state index is 9.22. The lowest BCUT2D eigenvalue weighted by Gasteiger charge is -2.05. The van der Waals surface area contributed by atoms with E-state index < -0.39 is 6.10 Å². The van der Waals surface area contributed by atoms with Crippen LogP contribution in [0.4, 0.5) is 0 Å². The zero-order chi connectivity index (χ0) is 8.27. The fraction of sp³-hybridized carbons (Fsp3) is 0.714. The summed E-state index contributed by atoms with van der Waals surface area (Å²) in [6.45, 7) is 4.60. The number of hydrogen-bond donors (Lipinski definition) is 1. The third-order valence-electron chi connectivity index (χ3n) is 1.51. The van der Waals surface area contributed by atoms with E-state index >= 15 is 0 Å². The molecular weight excluding hydrogens is 142 g/mol. The molecule has 0 fully saturated rings. The molecule has 0 aliphatic heterocycles. The second-order valence-corrected chi connectivity index (χ2v) is 2.56. The van der Waals surface area contributed by atoms with E-state index in [4.69, 9.17) is 0 Å². The topological polar surface area (TPSA) is 50.9 Å². The highest BCUT2D eigenvalue weighted by Gasteiger charge is 2.07. The first-order chi connectivity index (χ1) is 5.25. The Kier molecular flexibility index (Phi) is 2.59. The molecule has 62 valence electrons. The van der Waals surface area contributed by atoms with E-state index in [-0.39, 0.29) is 0 Å². The number of aromatic nitrogens is 3. The van der Waals surface area contributed by atoms with Crippen LogP contribution in [0.25, 0.3) is 0 Å². The molecule has 1 heterocycles. The van der Waals surface area contributed by atoms with Crippen LogP contribution >= 0.6 is 0 Å². The molecule has 1 atom stereocenters. The van der Waals surface area contributed by atoms with Crippen LogP contribution in [0, 0.1) is 0 Å². The van der Waals surface area contributed by atoms with Crippen molar-refractivity contribution in [3.8, 4) is 0 Å². The maximum absolute atomic E-state index is 9.22. The Morgan fingerprint density at radius 1 is 1.73 bits per heavy atom. The van der Waals surface area contributed by atoms with Crippen LogP contribution in [0.5, 0.6) is 0 Å². The van der Waals surface area contributed by atoms with E-state index in [1.54, 1.807) is 17.8 Å². The molecule has 0 saturated carbocycles. The Bertz CT molecular complexity index is 219. The largest absolute Gasteiger partial charge is 0.387 e. The first-order valence-corrected chi connectivity index (χ1v) is 3.82. The van der Waals surface area contributed by atoms with Crippen molar-refractivity contribution in [1.82, 2.24) is 15.0 Å². The van der Waals surface area contributed by atoms with Gasteiger partial charge in [-0.1, -0.05) is 12.1 Å². The second kappa shape index (κ2) is 3.48. The number of aryl methyl sites for hydroxylation is 1. The van der Waals surface area contributed by atoms with Crippen LogP contribution in [-0.2, 0) is 6.54 Å². The molecule has 0 radical (unpaired) electrons. The van der Waals surface area contributed by atoms with E-state index in [1.165, 1.54) is 0 Å². The van der Waals surface area contributed by atoms with Crippen molar-refractivity contribution in [2.75, 3.05) is 0 Å². The smallest absolute Gasteiger partial charge is 0.0945 e. The van der Waals surface area contributed by atoms with Gasteiger partial charge in [0.05, 0.1) is 18.0 Å². The standard InChI is InChI=1S/C7H13N3O/c1-3-4-10-7(6(2)11)5-8-9-10/h5-6,11H,3-4H2,1-2H3. The molecule has 0 aliphatic rings. The first kappa shape index (κ1) is 8.20. The van der Waals surface area contributed by atoms with Gasteiger partial charge in [-0.15, -0.1) is 5.10 Å². The zero-order valence-electron chi connectivity index (χ0n) is 6.86. The molecule has 4 heteroatoms. The number of aliphatic hydroxyl groups is 1. The van der Waals surface area contributed by atoms with Gasteiger partial charge in [-0.2, -0.15) is 0 Å². The maximum Gasteiger partial charge on any atom is 0.0945 e. The van der Waals surface area contributed by atoms with Crippen molar-refractivity contribution in [1.29, 1.82) is 0 Å². The van der Waals surface area contributed by atoms with Crippen LogP contribution in [0.3, 0.4) is 0 Å². The first-order valence-electron chi connectivity index (χ1n) is 3.82. The predicted molar refractivity (Wildman–Crippen MR) is 40.9 cm³/mol. The highest BCUT2D eigenvalue weighted by Crippen LogP contribution is 2.08. The number of hydrogen-bond acceptors (Lipinski definition) is 3. The molecule has 0 spiro atoms. The molecule has 1 N–H and O–H groups in total. The van der Waals surface area contributed by atoms with Crippen molar-refractivity contribution in [2.24, 2.45) is 0 Å². The summed E-state index contributed by atoms with van der Waals surface area (Å²) in [6, 6.07) is 0. The average molecular weight is 155 g/mol. The van der Waals surface area contributed by atoms with Gasteiger partial charge >= 0.3 is 0 Å². The predicted octanol–water partition coefficient (Wildman–Crippen LogP) is 0.741. The number of aliphatic hydroxyl groups excluding tert-OH is 1. The van der Waals surface area contributed by atoms with Gasteiger partial charge in [-0.05, 0) is 13.3 Å². The third-order valence-corrected chi connectivity index (χ3v) is 1.51. The Balaban J connectivity index is 2.78. The number of rotatable bonds is 3. The van der Waals surface area contributed by atoms with Crippen molar-refractivity contribution < 1.29 is 5.11 Å². The fourth-order valence-electron chi connectivity index (χ4n) is 0.975. The molecule has 0 amide bonds. The Hall–Kier alpha value is -0.900. The molecule has 4 nitrogen and oxygen atoms in total. The highest BCUT2D eigenvalue weighted by molar-refractivity contribution is 4.96. The molecule has 1 rings (SSSR count). The van der Waals surface area contributed by atoms with Gasteiger partial charge in [0, 0.05) is 6.54 Å². The number of nitrogens with zero attached hydrogens (tertiary/aromatic N) is 3. The molecule has 11 heavy (non-hydrogen) atoms. The van der Waals surface area contributed by atoms with Gasteiger partial charge in [0.15, 0.2) is 0 Å². The van der Waals surface area contributed by atoms with E-state index in [0.717, 1.165) is 18.7 Å². The van der Waals surface area contributed by atoms with E-state index in [0.29, 0.717) is 0 Å². The monoisotopic (exact) mass is 155 g/mol. The van der Waals surface area contributed by atoms with Crippen molar-refractivity contribution in [3.63, 3.8) is 0 Å². The summed E-state index contributed by atoms with van der Waals surface area (Å²) in [7, 11) is 0. The lowest BCUT2D eigenvalue weighted by Crippen LogP contribution is -2.06. The van der Waals surface area contributed by atoms with Gasteiger partial charge in [-0.25, -0.2) is 4.68 Å². The summed E-state index contributed by atoms with van der Waals surface area (Å²) in [4.78, 5) is 0. The molecule has 1 aromatic heterocycles. The SMILES string of the molecule is CCCn1nncc1C(C)O. The van der Waals surface area contributed by atoms with Gasteiger partial charge in [0.2, 0.25) is 0 Å². The molecule has 0 bridgehead atoms. The minimum atomic E-state index is -0.475. The lowest BCUT2D eigenvalue weighted by molar-refractivity contribution is 0.187. The quantitative estimate of drug-likeness (QED) is 0.700. The Morgan fingerprint density at radius 3 is 3.00 bits per heavy atom. The molecule has 1 unspecified atom stereocenters. The minimum Gasteiger partial charge on any atom is -0.387 e. The Morgan fingerprint density at radius 2 is 2.45 bits per heavy atom. The summed E-state index contributed by atoms with van der Waals surface area (Å²) >= 11 is 0. The molecule has 0 aromatic carbocycles. The normalized spacial score (nSPS) is 13.4. The van der Waals surface area contributed by atoms with Crippen LogP contribution in [-0.4, -0.2) is 20.1 Å². The van der Waals surface area contributed by atoms with Crippen LogP contribution in [0.15, 0.2) is 6.20 Å². The summed E-state index contributed by atoms with van der Waals surface area (Å²) in [6.07, 6.45) is 2.13. The lowest BCUT2D eigenvalue weighted by atomic mass is 10.3. The average Bonchev–Trinajstić information content (AvgIpc) is 2.36. The van der Waals surface area contributed by atoms with Gasteiger partial charge in [0.25, 0.3) is 0 Å². The molecule has 0 aliphatic carbocycles.